The van der Waals surface area contributed by atoms with E-state index in [9.17, 15) is 22.8 Å². The number of aromatic nitrogens is 1. The summed E-state index contributed by atoms with van der Waals surface area (Å²) in [5, 5.41) is 2.88. The minimum atomic E-state index is -4.11. The van der Waals surface area contributed by atoms with E-state index in [-0.39, 0.29) is 22.1 Å². The first-order valence-electron chi connectivity index (χ1n) is 10.8. The van der Waals surface area contributed by atoms with E-state index in [4.69, 9.17) is 0 Å². The maximum Gasteiger partial charge on any atom is 0.356 e. The Bertz CT molecular complexity index is 1090. The van der Waals surface area contributed by atoms with Crippen LogP contribution in [0.4, 0.5) is 0 Å². The third-order valence-corrected chi connectivity index (χ3v) is 6.92. The number of rotatable bonds is 8. The summed E-state index contributed by atoms with van der Waals surface area (Å²) < 4.78 is 31.6. The van der Waals surface area contributed by atoms with Gasteiger partial charge in [0, 0.05) is 19.2 Å². The van der Waals surface area contributed by atoms with E-state index in [1.54, 1.807) is 12.1 Å². The van der Waals surface area contributed by atoms with E-state index in [0.29, 0.717) is 18.9 Å². The number of esters is 1. The van der Waals surface area contributed by atoms with Crippen LogP contribution < -0.4 is 10.0 Å². The van der Waals surface area contributed by atoms with Crippen LogP contribution in [0.15, 0.2) is 47.5 Å². The highest BCUT2D eigenvalue weighted by molar-refractivity contribution is 7.90. The predicted octanol–water partition coefficient (Wildman–Crippen LogP) is 2.57. The molecule has 1 aliphatic rings. The molecule has 0 atom stereocenters. The van der Waals surface area contributed by atoms with E-state index in [1.807, 2.05) is 4.72 Å². The number of amides is 2. The lowest BCUT2D eigenvalue weighted by atomic mass is 9.87. The van der Waals surface area contributed by atoms with Crippen LogP contribution in [0.5, 0.6) is 0 Å². The van der Waals surface area contributed by atoms with Crippen LogP contribution in [0.1, 0.15) is 64.9 Å². The third kappa shape index (κ3) is 6.85. The number of ether oxygens (including phenoxy) is 1. The summed E-state index contributed by atoms with van der Waals surface area (Å²) in [6, 6.07) is 8.47. The molecule has 1 aromatic heterocycles. The van der Waals surface area contributed by atoms with Crippen molar-refractivity contribution in [1.29, 1.82) is 0 Å². The molecule has 1 fully saturated rings. The van der Waals surface area contributed by atoms with Crippen molar-refractivity contribution >= 4 is 27.8 Å². The Balaban J connectivity index is 1.54. The fourth-order valence-corrected chi connectivity index (χ4v) is 4.68. The van der Waals surface area contributed by atoms with Crippen molar-refractivity contribution in [2.24, 2.45) is 5.92 Å². The van der Waals surface area contributed by atoms with Crippen molar-refractivity contribution < 1.29 is 27.5 Å². The predicted molar refractivity (Wildman–Crippen MR) is 120 cm³/mol. The smallest absolute Gasteiger partial charge is 0.356 e. The summed E-state index contributed by atoms with van der Waals surface area (Å²) in [5.41, 5.74) is 0.724. The van der Waals surface area contributed by atoms with Crippen molar-refractivity contribution in [2.45, 2.75) is 50.0 Å². The average Bonchev–Trinajstić information content (AvgIpc) is 2.83. The molecule has 0 bridgehead atoms. The quantitative estimate of drug-likeness (QED) is 0.563. The molecule has 2 N–H and O–H groups in total. The number of nitrogens with one attached hydrogen (secondary N) is 2. The number of pyridine rings is 1. The summed E-state index contributed by atoms with van der Waals surface area (Å²) in [7, 11) is -2.91. The van der Waals surface area contributed by atoms with Gasteiger partial charge in [-0.2, -0.15) is 0 Å². The Morgan fingerprint density at radius 2 is 1.73 bits per heavy atom. The fourth-order valence-electron chi connectivity index (χ4n) is 3.71. The molecule has 2 aromatic rings. The maximum atomic E-state index is 12.5. The summed E-state index contributed by atoms with van der Waals surface area (Å²) in [6.45, 7) is 0.302. The zero-order valence-electron chi connectivity index (χ0n) is 18.4. The second-order valence-electron chi connectivity index (χ2n) is 7.99. The molecule has 1 heterocycles. The van der Waals surface area contributed by atoms with Gasteiger partial charge in [-0.25, -0.2) is 22.9 Å². The lowest BCUT2D eigenvalue weighted by Crippen LogP contribution is -2.30. The number of hydrogen-bond donors (Lipinski definition) is 2. The van der Waals surface area contributed by atoms with E-state index in [0.717, 1.165) is 24.6 Å². The molecule has 0 unspecified atom stereocenters. The minimum absolute atomic E-state index is 0.00155. The monoisotopic (exact) mass is 473 g/mol. The van der Waals surface area contributed by atoms with E-state index in [1.165, 1.54) is 50.6 Å². The summed E-state index contributed by atoms with van der Waals surface area (Å²) in [6.07, 6.45) is 7.41. The van der Waals surface area contributed by atoms with Crippen molar-refractivity contribution in [3.05, 3.63) is 59.4 Å². The number of hydrogen-bond acceptors (Lipinski definition) is 7. The first kappa shape index (κ1) is 24.4. The summed E-state index contributed by atoms with van der Waals surface area (Å²) >= 11 is 0. The van der Waals surface area contributed by atoms with Crippen LogP contribution in [0.25, 0.3) is 0 Å². The average molecular weight is 474 g/mol. The summed E-state index contributed by atoms with van der Waals surface area (Å²) in [5.74, 6) is -1.10. The highest BCUT2D eigenvalue weighted by Gasteiger charge is 2.20. The van der Waals surface area contributed by atoms with Crippen molar-refractivity contribution in [3.63, 3.8) is 0 Å². The molecule has 9 nitrogen and oxygen atoms in total. The van der Waals surface area contributed by atoms with Crippen molar-refractivity contribution in [2.75, 3.05) is 7.11 Å². The standard InChI is InChI=1S/C23H27N3O6S/c1-32-23(29)20-12-9-18(15-24-20)22(28)26-33(30,31)19-10-7-17(8-11-19)14-25-21(27)13-16-5-3-2-4-6-16/h7-12,15-16H,2-6,13-14H2,1H3,(H,25,27)(H,26,28). The molecule has 176 valence electrons. The molecule has 0 spiro atoms. The van der Waals surface area contributed by atoms with Gasteiger partial charge in [0.25, 0.3) is 15.9 Å². The Hall–Kier alpha value is -3.27. The Labute approximate surface area is 193 Å². The summed E-state index contributed by atoms with van der Waals surface area (Å²) in [4.78, 5) is 39.6. The molecule has 33 heavy (non-hydrogen) atoms. The van der Waals surface area contributed by atoms with E-state index in [2.05, 4.69) is 15.0 Å². The zero-order chi connectivity index (χ0) is 23.8. The molecule has 0 aliphatic heterocycles. The van der Waals surface area contributed by atoms with Gasteiger partial charge in [-0.3, -0.25) is 9.59 Å². The first-order chi connectivity index (χ1) is 15.8. The molecule has 0 saturated heterocycles. The molecule has 1 aliphatic carbocycles. The zero-order valence-corrected chi connectivity index (χ0v) is 19.2. The van der Waals surface area contributed by atoms with Gasteiger partial charge in [0.1, 0.15) is 5.69 Å². The lowest BCUT2D eigenvalue weighted by Gasteiger charge is -2.20. The van der Waals surface area contributed by atoms with Crippen LogP contribution in [-0.4, -0.2) is 38.3 Å². The fraction of sp³-hybridized carbons (Fsp3) is 0.391. The highest BCUT2D eigenvalue weighted by atomic mass is 32.2. The first-order valence-corrected chi connectivity index (χ1v) is 12.2. The molecule has 0 radical (unpaired) electrons. The SMILES string of the molecule is COC(=O)c1ccc(C(=O)NS(=O)(=O)c2ccc(CNC(=O)CC3CCCCC3)cc2)cn1. The minimum Gasteiger partial charge on any atom is -0.464 e. The lowest BCUT2D eigenvalue weighted by molar-refractivity contribution is -0.122. The second-order valence-corrected chi connectivity index (χ2v) is 9.67. The number of benzene rings is 1. The van der Waals surface area contributed by atoms with Gasteiger partial charge in [0.2, 0.25) is 5.91 Å². The topological polar surface area (TPSA) is 132 Å². The van der Waals surface area contributed by atoms with Crippen molar-refractivity contribution in [3.8, 4) is 0 Å². The maximum absolute atomic E-state index is 12.5. The number of sulfonamides is 1. The largest absolute Gasteiger partial charge is 0.464 e. The van der Waals surface area contributed by atoms with Crippen LogP contribution in [0.3, 0.4) is 0 Å². The van der Waals surface area contributed by atoms with Gasteiger partial charge in [0.05, 0.1) is 17.6 Å². The molecule has 1 saturated carbocycles. The molecular formula is C23H27N3O6S. The Morgan fingerprint density at radius 3 is 2.33 bits per heavy atom. The number of carbonyl (C=O) groups excluding carboxylic acids is 3. The van der Waals surface area contributed by atoms with Gasteiger partial charge in [-0.05, 0) is 48.6 Å². The van der Waals surface area contributed by atoms with E-state index >= 15 is 0 Å². The normalized spacial score (nSPS) is 14.3. The van der Waals surface area contributed by atoms with Crippen LogP contribution in [0, 0.1) is 5.92 Å². The second kappa shape index (κ2) is 11.0. The van der Waals surface area contributed by atoms with Crippen LogP contribution in [0.2, 0.25) is 0 Å². The number of carbonyl (C=O) groups is 3. The van der Waals surface area contributed by atoms with Gasteiger partial charge in [-0.15, -0.1) is 0 Å². The number of methoxy groups -OCH3 is 1. The molecule has 3 rings (SSSR count). The highest BCUT2D eigenvalue weighted by Crippen LogP contribution is 2.26. The van der Waals surface area contributed by atoms with E-state index < -0.39 is 21.9 Å². The molecular weight excluding hydrogens is 446 g/mol. The molecule has 2 amide bonds. The van der Waals surface area contributed by atoms with Gasteiger partial charge < -0.3 is 10.1 Å². The van der Waals surface area contributed by atoms with Gasteiger partial charge in [0.15, 0.2) is 0 Å². The molecule has 10 heteroatoms. The third-order valence-electron chi connectivity index (χ3n) is 5.57. The Morgan fingerprint density at radius 1 is 1.03 bits per heavy atom. The van der Waals surface area contributed by atoms with Gasteiger partial charge in [-0.1, -0.05) is 31.4 Å². The Kier molecular flexibility index (Phi) is 8.16. The van der Waals surface area contributed by atoms with Crippen LogP contribution >= 0.6 is 0 Å². The molecule has 1 aromatic carbocycles. The van der Waals surface area contributed by atoms with Gasteiger partial charge >= 0.3 is 5.97 Å². The van der Waals surface area contributed by atoms with Crippen molar-refractivity contribution in [1.82, 2.24) is 15.0 Å². The van der Waals surface area contributed by atoms with Crippen LogP contribution in [-0.2, 0) is 26.1 Å². The number of nitrogens with zero attached hydrogens (tertiary/aromatic N) is 1.